The van der Waals surface area contributed by atoms with Gasteiger partial charge < -0.3 is 24.6 Å². The Morgan fingerprint density at radius 3 is 2.52 bits per heavy atom. The smallest absolute Gasteiger partial charge is 0.407 e. The van der Waals surface area contributed by atoms with Crippen LogP contribution in [0.3, 0.4) is 0 Å². The first-order chi connectivity index (χ1) is 11.6. The molecule has 0 aromatic carbocycles. The molecule has 1 saturated heterocycles. The number of carbonyl (C=O) groups is 1. The molecule has 0 radical (unpaired) electrons. The summed E-state index contributed by atoms with van der Waals surface area (Å²) in [6.45, 7) is 9.92. The highest BCUT2D eigenvalue weighted by Gasteiger charge is 2.46. The van der Waals surface area contributed by atoms with Crippen LogP contribution in [0.4, 0.5) is 4.79 Å². The maximum absolute atomic E-state index is 11.5. The van der Waals surface area contributed by atoms with Gasteiger partial charge in [-0.25, -0.2) is 9.78 Å². The number of amides is 1. The molecule has 0 saturated carbocycles. The summed E-state index contributed by atoms with van der Waals surface area (Å²) in [5.41, 5.74) is -0.414. The van der Waals surface area contributed by atoms with Crippen molar-refractivity contribution in [3.8, 4) is 11.6 Å². The minimum Gasteiger partial charge on any atom is -0.489 e. The Bertz CT molecular complexity index is 582. The van der Waals surface area contributed by atoms with Gasteiger partial charge in [-0.2, -0.15) is 0 Å². The molecular formula is C18H28N2O5. The number of pyridine rings is 1. The van der Waals surface area contributed by atoms with E-state index in [2.05, 4.69) is 4.98 Å². The Morgan fingerprint density at radius 2 is 2.04 bits per heavy atom. The SMILES string of the molecule is CC(C)Oc1ccc(OC2CCN(C(=O)O)C(C(C)(C)C)C2O)nc1. The van der Waals surface area contributed by atoms with Crippen molar-refractivity contribution >= 4 is 6.09 Å². The maximum Gasteiger partial charge on any atom is 0.407 e. The van der Waals surface area contributed by atoms with Crippen molar-refractivity contribution in [3.63, 3.8) is 0 Å². The van der Waals surface area contributed by atoms with Crippen molar-refractivity contribution in [2.24, 2.45) is 5.41 Å². The summed E-state index contributed by atoms with van der Waals surface area (Å²) >= 11 is 0. The van der Waals surface area contributed by atoms with E-state index < -0.39 is 29.8 Å². The average molecular weight is 352 g/mol. The van der Waals surface area contributed by atoms with Crippen LogP contribution in [0, 0.1) is 5.41 Å². The predicted octanol–water partition coefficient (Wildman–Crippen LogP) is 2.78. The van der Waals surface area contributed by atoms with Crippen molar-refractivity contribution in [3.05, 3.63) is 18.3 Å². The lowest BCUT2D eigenvalue weighted by Crippen LogP contribution is -2.62. The van der Waals surface area contributed by atoms with Crippen LogP contribution in [-0.4, -0.2) is 57.1 Å². The van der Waals surface area contributed by atoms with Gasteiger partial charge in [-0.15, -0.1) is 0 Å². The molecule has 1 fully saturated rings. The molecule has 1 amide bonds. The molecule has 1 aliphatic rings. The fourth-order valence-corrected chi connectivity index (χ4v) is 3.22. The lowest BCUT2D eigenvalue weighted by atomic mass is 9.78. The molecule has 0 bridgehead atoms. The fraction of sp³-hybridized carbons (Fsp3) is 0.667. The first-order valence-corrected chi connectivity index (χ1v) is 8.56. The van der Waals surface area contributed by atoms with E-state index in [4.69, 9.17) is 9.47 Å². The summed E-state index contributed by atoms with van der Waals surface area (Å²) in [5.74, 6) is 1.03. The zero-order valence-corrected chi connectivity index (χ0v) is 15.5. The van der Waals surface area contributed by atoms with Crippen LogP contribution in [0.1, 0.15) is 41.0 Å². The van der Waals surface area contributed by atoms with Crippen molar-refractivity contribution in [1.29, 1.82) is 0 Å². The molecule has 3 atom stereocenters. The highest BCUT2D eigenvalue weighted by Crippen LogP contribution is 2.34. The van der Waals surface area contributed by atoms with Crippen LogP contribution < -0.4 is 9.47 Å². The number of ether oxygens (including phenoxy) is 2. The summed E-state index contributed by atoms with van der Waals surface area (Å²) in [5, 5.41) is 20.2. The van der Waals surface area contributed by atoms with Crippen molar-refractivity contribution in [2.75, 3.05) is 6.54 Å². The first-order valence-electron chi connectivity index (χ1n) is 8.56. The topological polar surface area (TPSA) is 92.1 Å². The number of nitrogens with zero attached hydrogens (tertiary/aromatic N) is 2. The number of aliphatic hydroxyl groups excluding tert-OH is 1. The van der Waals surface area contributed by atoms with Crippen LogP contribution in [-0.2, 0) is 0 Å². The summed E-state index contributed by atoms with van der Waals surface area (Å²) < 4.78 is 11.4. The van der Waals surface area contributed by atoms with Crippen molar-refractivity contribution in [1.82, 2.24) is 9.88 Å². The van der Waals surface area contributed by atoms with Crippen LogP contribution in [0.15, 0.2) is 18.3 Å². The standard InChI is InChI=1S/C18H28N2O5/c1-11(2)24-12-6-7-14(19-10-12)25-13-8-9-20(17(22)23)16(15(13)21)18(3,4)5/h6-7,10-11,13,15-16,21H,8-9H2,1-5H3,(H,22,23). The number of aromatic nitrogens is 1. The molecule has 2 N–H and O–H groups in total. The second kappa shape index (κ2) is 7.47. The third kappa shape index (κ3) is 4.75. The third-order valence-corrected chi connectivity index (χ3v) is 4.18. The molecule has 0 spiro atoms. The van der Waals surface area contributed by atoms with E-state index in [-0.39, 0.29) is 6.10 Å². The monoisotopic (exact) mass is 352 g/mol. The highest BCUT2D eigenvalue weighted by atomic mass is 16.5. The third-order valence-electron chi connectivity index (χ3n) is 4.18. The number of rotatable bonds is 4. The number of hydrogen-bond acceptors (Lipinski definition) is 5. The Hall–Kier alpha value is -2.02. The van der Waals surface area contributed by atoms with Gasteiger partial charge >= 0.3 is 6.09 Å². The number of piperidine rings is 1. The van der Waals surface area contributed by atoms with E-state index in [0.29, 0.717) is 24.6 Å². The molecule has 2 heterocycles. The highest BCUT2D eigenvalue weighted by molar-refractivity contribution is 5.66. The van der Waals surface area contributed by atoms with Crippen LogP contribution >= 0.6 is 0 Å². The zero-order chi connectivity index (χ0) is 18.8. The molecule has 2 rings (SSSR count). The van der Waals surface area contributed by atoms with E-state index in [1.165, 1.54) is 4.90 Å². The second-order valence-electron chi connectivity index (χ2n) is 7.72. The van der Waals surface area contributed by atoms with Gasteiger partial charge in [0.05, 0.1) is 18.3 Å². The molecule has 0 aliphatic carbocycles. The Kier molecular flexibility index (Phi) is 5.77. The molecule has 1 aliphatic heterocycles. The van der Waals surface area contributed by atoms with Crippen molar-refractivity contribution < 1.29 is 24.5 Å². The molecule has 140 valence electrons. The number of carboxylic acid groups (broad SMARTS) is 1. The largest absolute Gasteiger partial charge is 0.489 e. The normalized spacial score (nSPS) is 24.3. The number of hydrogen-bond donors (Lipinski definition) is 2. The summed E-state index contributed by atoms with van der Waals surface area (Å²) in [4.78, 5) is 17.0. The van der Waals surface area contributed by atoms with E-state index in [1.54, 1.807) is 18.3 Å². The maximum atomic E-state index is 11.5. The number of aliphatic hydroxyl groups is 1. The lowest BCUT2D eigenvalue weighted by molar-refractivity contribution is -0.0897. The van der Waals surface area contributed by atoms with Gasteiger partial charge in [-0.3, -0.25) is 0 Å². The number of likely N-dealkylation sites (tertiary alicyclic amines) is 1. The predicted molar refractivity (Wildman–Crippen MR) is 93.0 cm³/mol. The minimum absolute atomic E-state index is 0.0586. The first kappa shape index (κ1) is 19.3. The van der Waals surface area contributed by atoms with Gasteiger partial charge in [0.15, 0.2) is 0 Å². The van der Waals surface area contributed by atoms with Crippen molar-refractivity contribution in [2.45, 2.75) is 65.4 Å². The van der Waals surface area contributed by atoms with E-state index >= 15 is 0 Å². The molecule has 25 heavy (non-hydrogen) atoms. The molecule has 1 aromatic rings. The Morgan fingerprint density at radius 1 is 1.36 bits per heavy atom. The fourth-order valence-electron chi connectivity index (χ4n) is 3.22. The Balaban J connectivity index is 2.11. The quantitative estimate of drug-likeness (QED) is 0.866. The summed E-state index contributed by atoms with van der Waals surface area (Å²) in [6, 6.07) is 2.91. The molecule has 7 nitrogen and oxygen atoms in total. The van der Waals surface area contributed by atoms with Gasteiger partial charge in [0.25, 0.3) is 0 Å². The minimum atomic E-state index is -1.02. The van der Waals surface area contributed by atoms with Gasteiger partial charge in [0.1, 0.15) is 18.0 Å². The molecule has 1 aromatic heterocycles. The van der Waals surface area contributed by atoms with E-state index in [1.807, 2.05) is 34.6 Å². The lowest BCUT2D eigenvalue weighted by Gasteiger charge is -2.47. The summed E-state index contributed by atoms with van der Waals surface area (Å²) in [6.07, 6.45) is -0.419. The van der Waals surface area contributed by atoms with E-state index in [0.717, 1.165) is 0 Å². The van der Waals surface area contributed by atoms with Gasteiger partial charge in [0.2, 0.25) is 5.88 Å². The second-order valence-corrected chi connectivity index (χ2v) is 7.72. The van der Waals surface area contributed by atoms with Crippen LogP contribution in [0.25, 0.3) is 0 Å². The Labute approximate surface area is 148 Å². The van der Waals surface area contributed by atoms with Crippen LogP contribution in [0.5, 0.6) is 11.6 Å². The van der Waals surface area contributed by atoms with Gasteiger partial charge in [0, 0.05) is 19.0 Å². The molecular weight excluding hydrogens is 324 g/mol. The van der Waals surface area contributed by atoms with E-state index in [9.17, 15) is 15.0 Å². The average Bonchev–Trinajstić information content (AvgIpc) is 2.49. The van der Waals surface area contributed by atoms with Gasteiger partial charge in [-0.1, -0.05) is 20.8 Å². The summed E-state index contributed by atoms with van der Waals surface area (Å²) in [7, 11) is 0. The molecule has 3 unspecified atom stereocenters. The molecule has 7 heteroatoms. The van der Waals surface area contributed by atoms with Gasteiger partial charge in [-0.05, 0) is 25.3 Å². The van der Waals surface area contributed by atoms with Crippen LogP contribution in [0.2, 0.25) is 0 Å². The zero-order valence-electron chi connectivity index (χ0n) is 15.5.